The van der Waals surface area contributed by atoms with Gasteiger partial charge in [-0.3, -0.25) is 4.98 Å². The molecule has 0 spiro atoms. The highest BCUT2D eigenvalue weighted by molar-refractivity contribution is 7.91. The first kappa shape index (κ1) is 11.5. The third-order valence-corrected chi connectivity index (χ3v) is 5.01. The number of rotatable bonds is 2. The number of nitrogens with zero attached hydrogens (tertiary/aromatic N) is 1. The summed E-state index contributed by atoms with van der Waals surface area (Å²) in [5.74, 6) is 0.511. The van der Waals surface area contributed by atoms with Crippen LogP contribution in [0.25, 0.3) is 10.9 Å². The SMILES string of the molecule is O=S1(=O)CCC(Nc2ccnc3ccccc23)C1. The minimum atomic E-state index is -2.85. The average Bonchev–Trinajstić information content (AvgIpc) is 2.69. The molecule has 1 aromatic carbocycles. The molecular formula is C13H14N2O2S. The van der Waals surface area contributed by atoms with Crippen LogP contribution in [0.5, 0.6) is 0 Å². The molecule has 4 nitrogen and oxygen atoms in total. The number of sulfone groups is 1. The Balaban J connectivity index is 1.92. The molecule has 94 valence electrons. The summed E-state index contributed by atoms with van der Waals surface area (Å²) in [5, 5.41) is 4.35. The first-order chi connectivity index (χ1) is 8.64. The van der Waals surface area contributed by atoms with Crippen LogP contribution in [0, 0.1) is 0 Å². The molecule has 1 atom stereocenters. The maximum atomic E-state index is 11.4. The number of pyridine rings is 1. The second kappa shape index (κ2) is 4.24. The second-order valence-electron chi connectivity index (χ2n) is 4.62. The zero-order chi connectivity index (χ0) is 12.6. The van der Waals surface area contributed by atoms with Gasteiger partial charge in [-0.25, -0.2) is 8.42 Å². The second-order valence-corrected chi connectivity index (χ2v) is 6.85. The van der Waals surface area contributed by atoms with Crippen molar-refractivity contribution in [3.8, 4) is 0 Å². The van der Waals surface area contributed by atoms with Crippen LogP contribution in [-0.4, -0.2) is 30.9 Å². The van der Waals surface area contributed by atoms with Crippen molar-refractivity contribution in [3.05, 3.63) is 36.5 Å². The van der Waals surface area contributed by atoms with Crippen LogP contribution in [0.1, 0.15) is 6.42 Å². The smallest absolute Gasteiger partial charge is 0.152 e. The predicted molar refractivity (Wildman–Crippen MR) is 72.4 cm³/mol. The Morgan fingerprint density at radius 2 is 2.06 bits per heavy atom. The van der Waals surface area contributed by atoms with Crippen molar-refractivity contribution in [2.24, 2.45) is 0 Å². The number of benzene rings is 1. The molecule has 1 unspecified atom stereocenters. The molecule has 1 fully saturated rings. The van der Waals surface area contributed by atoms with E-state index >= 15 is 0 Å². The van der Waals surface area contributed by atoms with Gasteiger partial charge in [-0.1, -0.05) is 18.2 Å². The molecule has 18 heavy (non-hydrogen) atoms. The number of hydrogen-bond donors (Lipinski definition) is 1. The van der Waals surface area contributed by atoms with Gasteiger partial charge in [0.05, 0.1) is 17.0 Å². The van der Waals surface area contributed by atoms with Crippen LogP contribution in [0.2, 0.25) is 0 Å². The molecular weight excluding hydrogens is 248 g/mol. The maximum Gasteiger partial charge on any atom is 0.152 e. The van der Waals surface area contributed by atoms with Gasteiger partial charge in [0, 0.05) is 23.3 Å². The molecule has 1 aliphatic rings. The van der Waals surface area contributed by atoms with Gasteiger partial charge in [0.15, 0.2) is 9.84 Å². The van der Waals surface area contributed by atoms with Crippen LogP contribution < -0.4 is 5.32 Å². The minimum absolute atomic E-state index is 0.0146. The summed E-state index contributed by atoms with van der Waals surface area (Å²) >= 11 is 0. The van der Waals surface area contributed by atoms with Crippen molar-refractivity contribution in [3.63, 3.8) is 0 Å². The summed E-state index contributed by atoms with van der Waals surface area (Å²) in [5.41, 5.74) is 1.88. The number of aromatic nitrogens is 1. The van der Waals surface area contributed by atoms with Crippen LogP contribution >= 0.6 is 0 Å². The van der Waals surface area contributed by atoms with E-state index in [0.717, 1.165) is 16.6 Å². The highest BCUT2D eigenvalue weighted by Crippen LogP contribution is 2.24. The Labute approximate surface area is 106 Å². The van der Waals surface area contributed by atoms with E-state index in [1.165, 1.54) is 0 Å². The van der Waals surface area contributed by atoms with E-state index in [2.05, 4.69) is 10.3 Å². The van der Waals surface area contributed by atoms with Gasteiger partial charge in [-0.05, 0) is 18.6 Å². The Bertz CT molecular complexity index is 677. The number of hydrogen-bond acceptors (Lipinski definition) is 4. The topological polar surface area (TPSA) is 59.1 Å². The van der Waals surface area contributed by atoms with Gasteiger partial charge >= 0.3 is 0 Å². The number of fused-ring (bicyclic) bond motifs is 1. The number of para-hydroxylation sites is 1. The first-order valence-electron chi connectivity index (χ1n) is 5.95. The molecule has 3 rings (SSSR count). The zero-order valence-electron chi connectivity index (χ0n) is 9.83. The maximum absolute atomic E-state index is 11.4. The molecule has 1 aromatic heterocycles. The van der Waals surface area contributed by atoms with Crippen molar-refractivity contribution in [1.82, 2.24) is 4.98 Å². The molecule has 0 saturated carbocycles. The van der Waals surface area contributed by atoms with Crippen molar-refractivity contribution >= 4 is 26.4 Å². The lowest BCUT2D eigenvalue weighted by Crippen LogP contribution is -2.20. The molecule has 1 N–H and O–H groups in total. The van der Waals surface area contributed by atoms with Gasteiger partial charge in [-0.15, -0.1) is 0 Å². The summed E-state index contributed by atoms with van der Waals surface area (Å²) < 4.78 is 22.9. The molecule has 1 saturated heterocycles. The summed E-state index contributed by atoms with van der Waals surface area (Å²) in [6, 6.07) is 9.76. The van der Waals surface area contributed by atoms with Gasteiger partial charge in [-0.2, -0.15) is 0 Å². The average molecular weight is 262 g/mol. The highest BCUT2D eigenvalue weighted by Gasteiger charge is 2.27. The molecule has 0 aliphatic carbocycles. The molecule has 0 radical (unpaired) electrons. The van der Waals surface area contributed by atoms with Crippen molar-refractivity contribution in [2.75, 3.05) is 16.8 Å². The number of anilines is 1. The molecule has 2 heterocycles. The van der Waals surface area contributed by atoms with Crippen LogP contribution in [-0.2, 0) is 9.84 Å². The lowest BCUT2D eigenvalue weighted by molar-refractivity contribution is 0.602. The fourth-order valence-corrected chi connectivity index (χ4v) is 4.02. The van der Waals surface area contributed by atoms with Crippen LogP contribution in [0.3, 0.4) is 0 Å². The molecule has 1 aliphatic heterocycles. The summed E-state index contributed by atoms with van der Waals surface area (Å²) in [4.78, 5) is 4.29. The molecule has 0 amide bonds. The van der Waals surface area contributed by atoms with Crippen molar-refractivity contribution in [1.29, 1.82) is 0 Å². The quantitative estimate of drug-likeness (QED) is 0.897. The third-order valence-electron chi connectivity index (χ3n) is 3.24. The lowest BCUT2D eigenvalue weighted by Gasteiger charge is -2.14. The van der Waals surface area contributed by atoms with Crippen molar-refractivity contribution in [2.45, 2.75) is 12.5 Å². The highest BCUT2D eigenvalue weighted by atomic mass is 32.2. The summed E-state index contributed by atoms with van der Waals surface area (Å²) in [6.45, 7) is 0. The van der Waals surface area contributed by atoms with E-state index in [1.54, 1.807) is 6.20 Å². The molecule has 2 aromatic rings. The van der Waals surface area contributed by atoms with E-state index in [0.29, 0.717) is 6.42 Å². The fraction of sp³-hybridized carbons (Fsp3) is 0.308. The van der Waals surface area contributed by atoms with E-state index in [9.17, 15) is 8.42 Å². The van der Waals surface area contributed by atoms with Crippen LogP contribution in [0.15, 0.2) is 36.5 Å². The zero-order valence-corrected chi connectivity index (χ0v) is 10.7. The normalized spacial score (nSPS) is 22.1. The Kier molecular flexibility index (Phi) is 2.70. The lowest BCUT2D eigenvalue weighted by atomic mass is 10.1. The standard InChI is InChI=1S/C13H14N2O2S/c16-18(17)8-6-10(9-18)15-13-5-7-14-12-4-2-1-3-11(12)13/h1-5,7,10H,6,8-9H2,(H,14,15). The Morgan fingerprint density at radius 3 is 2.83 bits per heavy atom. The Hall–Kier alpha value is -1.62. The van der Waals surface area contributed by atoms with Crippen molar-refractivity contribution < 1.29 is 8.42 Å². The summed E-state index contributed by atoms with van der Waals surface area (Å²) in [7, 11) is -2.85. The van der Waals surface area contributed by atoms with E-state index < -0.39 is 9.84 Å². The van der Waals surface area contributed by atoms with Gasteiger partial charge in [0.25, 0.3) is 0 Å². The fourth-order valence-electron chi connectivity index (χ4n) is 2.35. The largest absolute Gasteiger partial charge is 0.381 e. The van der Waals surface area contributed by atoms with Gasteiger partial charge < -0.3 is 5.32 Å². The predicted octanol–water partition coefficient (Wildman–Crippen LogP) is 1.83. The van der Waals surface area contributed by atoms with E-state index in [4.69, 9.17) is 0 Å². The van der Waals surface area contributed by atoms with E-state index in [1.807, 2.05) is 30.3 Å². The third kappa shape index (κ3) is 2.18. The first-order valence-corrected chi connectivity index (χ1v) is 7.77. The van der Waals surface area contributed by atoms with Gasteiger partial charge in [0.1, 0.15) is 0 Å². The molecule has 0 bridgehead atoms. The van der Waals surface area contributed by atoms with E-state index in [-0.39, 0.29) is 17.5 Å². The monoisotopic (exact) mass is 262 g/mol. The summed E-state index contributed by atoms with van der Waals surface area (Å²) in [6.07, 6.45) is 2.42. The number of nitrogens with one attached hydrogen (secondary N) is 1. The minimum Gasteiger partial charge on any atom is -0.381 e. The van der Waals surface area contributed by atoms with Crippen LogP contribution in [0.4, 0.5) is 5.69 Å². The van der Waals surface area contributed by atoms with Gasteiger partial charge in [0.2, 0.25) is 0 Å². The molecule has 5 heteroatoms. The Morgan fingerprint density at radius 1 is 1.22 bits per heavy atom.